The Hall–Kier alpha value is -1.38. The minimum atomic E-state index is -0.126. The highest BCUT2D eigenvalue weighted by molar-refractivity contribution is 7.18. The molecule has 0 radical (unpaired) electrons. The van der Waals surface area contributed by atoms with Gasteiger partial charge in [0.1, 0.15) is 10.7 Å². The van der Waals surface area contributed by atoms with Crippen molar-refractivity contribution in [1.82, 2.24) is 20.5 Å². The first-order valence-corrected chi connectivity index (χ1v) is 8.04. The summed E-state index contributed by atoms with van der Waals surface area (Å²) in [5.74, 6) is 0.182. The van der Waals surface area contributed by atoms with Gasteiger partial charge in [0.05, 0.1) is 0 Å². The molecule has 0 aliphatic carbocycles. The Labute approximate surface area is 129 Å². The van der Waals surface area contributed by atoms with Gasteiger partial charge in [-0.1, -0.05) is 11.3 Å². The number of nitrogens with two attached hydrogens (primary N) is 1. The Morgan fingerprint density at radius 2 is 2.19 bits per heavy atom. The van der Waals surface area contributed by atoms with E-state index in [9.17, 15) is 4.79 Å². The molecule has 1 saturated heterocycles. The number of hydrogen-bond acceptors (Lipinski definition) is 7. The van der Waals surface area contributed by atoms with Crippen molar-refractivity contribution >= 4 is 28.2 Å². The summed E-state index contributed by atoms with van der Waals surface area (Å²) in [4.78, 5) is 21.0. The van der Waals surface area contributed by atoms with Crippen LogP contribution in [0.3, 0.4) is 0 Å². The molecule has 118 valence electrons. The Balaban J connectivity index is 1.74. The Bertz CT molecular complexity index is 469. The van der Waals surface area contributed by atoms with E-state index in [1.807, 2.05) is 19.0 Å². The lowest BCUT2D eigenvalue weighted by Gasteiger charge is -2.27. The van der Waals surface area contributed by atoms with Gasteiger partial charge in [-0.2, -0.15) is 0 Å². The topological polar surface area (TPSA) is 86.5 Å². The average Bonchev–Trinajstić information content (AvgIpc) is 2.87. The second-order valence-corrected chi connectivity index (χ2v) is 6.28. The summed E-state index contributed by atoms with van der Waals surface area (Å²) >= 11 is 1.32. The quantitative estimate of drug-likeness (QED) is 0.632. The van der Waals surface area contributed by atoms with Gasteiger partial charge in [-0.3, -0.25) is 4.79 Å². The Morgan fingerprint density at radius 3 is 2.81 bits per heavy atom. The molecule has 0 bridgehead atoms. The summed E-state index contributed by atoms with van der Waals surface area (Å²) in [5, 5.41) is 7.00. The molecule has 1 amide bonds. The second-order valence-electron chi connectivity index (χ2n) is 5.31. The molecule has 8 heteroatoms. The van der Waals surface area contributed by atoms with E-state index < -0.39 is 0 Å². The van der Waals surface area contributed by atoms with Gasteiger partial charge in [0.25, 0.3) is 5.91 Å². The largest absolute Gasteiger partial charge is 0.382 e. The lowest BCUT2D eigenvalue weighted by molar-refractivity contribution is 0.0956. The Kier molecular flexibility index (Phi) is 5.77. The molecule has 1 aliphatic heterocycles. The number of nitrogens with zero attached hydrogens (tertiary/aromatic N) is 3. The van der Waals surface area contributed by atoms with Crippen LogP contribution in [0.2, 0.25) is 0 Å². The molecule has 1 aromatic rings. The smallest absolute Gasteiger partial charge is 0.265 e. The van der Waals surface area contributed by atoms with Crippen LogP contribution in [-0.4, -0.2) is 69.2 Å². The maximum absolute atomic E-state index is 12.1. The molecule has 0 atom stereocenters. The van der Waals surface area contributed by atoms with Crippen LogP contribution in [0.25, 0.3) is 0 Å². The van der Waals surface area contributed by atoms with Crippen LogP contribution in [0.5, 0.6) is 0 Å². The number of anilines is 2. The van der Waals surface area contributed by atoms with Crippen molar-refractivity contribution < 1.29 is 4.79 Å². The lowest BCUT2D eigenvalue weighted by atomic mass is 10.3. The van der Waals surface area contributed by atoms with Gasteiger partial charge in [-0.15, -0.1) is 0 Å². The van der Waals surface area contributed by atoms with Crippen molar-refractivity contribution in [2.24, 2.45) is 0 Å². The molecule has 1 fully saturated rings. The minimum absolute atomic E-state index is 0.126. The molecule has 1 aromatic heterocycles. The zero-order chi connectivity index (χ0) is 15.2. The van der Waals surface area contributed by atoms with Crippen LogP contribution >= 0.6 is 11.3 Å². The maximum Gasteiger partial charge on any atom is 0.265 e. The Morgan fingerprint density at radius 1 is 1.48 bits per heavy atom. The lowest BCUT2D eigenvalue weighted by Crippen LogP contribution is -2.44. The number of piperazine rings is 1. The van der Waals surface area contributed by atoms with Crippen molar-refractivity contribution in [3.8, 4) is 0 Å². The van der Waals surface area contributed by atoms with E-state index in [2.05, 4.69) is 20.5 Å². The van der Waals surface area contributed by atoms with Gasteiger partial charge in [-0.25, -0.2) is 4.98 Å². The average molecular weight is 312 g/mol. The fraction of sp³-hybridized carbons (Fsp3) is 0.692. The summed E-state index contributed by atoms with van der Waals surface area (Å²) in [7, 11) is 3.76. The van der Waals surface area contributed by atoms with Crippen LogP contribution in [0.1, 0.15) is 16.1 Å². The van der Waals surface area contributed by atoms with Gasteiger partial charge in [0.2, 0.25) is 0 Å². The molecular weight excluding hydrogens is 288 g/mol. The number of rotatable bonds is 6. The fourth-order valence-electron chi connectivity index (χ4n) is 2.19. The second kappa shape index (κ2) is 7.58. The first-order chi connectivity index (χ1) is 10.1. The van der Waals surface area contributed by atoms with Crippen LogP contribution in [0.4, 0.5) is 10.9 Å². The molecule has 0 saturated carbocycles. The van der Waals surface area contributed by atoms with Crippen LogP contribution in [0, 0.1) is 0 Å². The number of nitrogen functional groups attached to an aromatic ring is 1. The van der Waals surface area contributed by atoms with Gasteiger partial charge in [-0.05, 0) is 13.0 Å². The third kappa shape index (κ3) is 4.55. The van der Waals surface area contributed by atoms with Gasteiger partial charge >= 0.3 is 0 Å². The number of thiazole rings is 1. The molecule has 0 spiro atoms. The van der Waals surface area contributed by atoms with Gasteiger partial charge in [0, 0.05) is 46.8 Å². The molecule has 21 heavy (non-hydrogen) atoms. The SMILES string of the molecule is CN(C)c1nc(N)c(C(=O)NCCCN2CCNCC2)s1. The van der Waals surface area contributed by atoms with E-state index in [1.54, 1.807) is 0 Å². The monoisotopic (exact) mass is 312 g/mol. The number of amides is 1. The highest BCUT2D eigenvalue weighted by Gasteiger charge is 2.16. The van der Waals surface area contributed by atoms with E-state index in [0.29, 0.717) is 17.2 Å². The van der Waals surface area contributed by atoms with Gasteiger partial charge in [0.15, 0.2) is 5.13 Å². The molecule has 2 rings (SSSR count). The van der Waals surface area contributed by atoms with E-state index in [0.717, 1.165) is 44.3 Å². The number of aromatic nitrogens is 1. The third-order valence-electron chi connectivity index (χ3n) is 3.38. The molecule has 0 unspecified atom stereocenters. The minimum Gasteiger partial charge on any atom is -0.382 e. The molecule has 2 heterocycles. The van der Waals surface area contributed by atoms with Crippen LogP contribution in [0.15, 0.2) is 0 Å². The number of nitrogens with one attached hydrogen (secondary N) is 2. The molecule has 7 nitrogen and oxygen atoms in total. The standard InChI is InChI=1S/C13H24N6OS/c1-18(2)13-17-11(14)10(21-13)12(20)16-4-3-7-19-8-5-15-6-9-19/h15H,3-9,14H2,1-2H3,(H,16,20). The highest BCUT2D eigenvalue weighted by atomic mass is 32.1. The molecule has 4 N–H and O–H groups in total. The van der Waals surface area contributed by atoms with Crippen LogP contribution in [-0.2, 0) is 0 Å². The first-order valence-electron chi connectivity index (χ1n) is 7.23. The highest BCUT2D eigenvalue weighted by Crippen LogP contribution is 2.26. The predicted octanol–water partition coefficient (Wildman–Crippen LogP) is -0.184. The van der Waals surface area contributed by atoms with Crippen molar-refractivity contribution in [3.63, 3.8) is 0 Å². The third-order valence-corrected chi connectivity index (χ3v) is 4.61. The first kappa shape index (κ1) is 16.0. The molecule has 0 aromatic carbocycles. The predicted molar refractivity (Wildman–Crippen MR) is 87.1 cm³/mol. The normalized spacial score (nSPS) is 15.9. The zero-order valence-corrected chi connectivity index (χ0v) is 13.5. The van der Waals surface area contributed by atoms with Crippen molar-refractivity contribution in [1.29, 1.82) is 0 Å². The van der Waals surface area contributed by atoms with E-state index in [1.165, 1.54) is 11.3 Å². The fourth-order valence-corrected chi connectivity index (χ4v) is 3.02. The van der Waals surface area contributed by atoms with E-state index in [-0.39, 0.29) is 5.91 Å². The van der Waals surface area contributed by atoms with Crippen LogP contribution < -0.4 is 21.3 Å². The number of hydrogen-bond donors (Lipinski definition) is 3. The molecular formula is C13H24N6OS. The van der Waals surface area contributed by atoms with E-state index >= 15 is 0 Å². The zero-order valence-electron chi connectivity index (χ0n) is 12.7. The van der Waals surface area contributed by atoms with Crippen molar-refractivity contribution in [2.45, 2.75) is 6.42 Å². The number of carbonyl (C=O) groups is 1. The summed E-state index contributed by atoms with van der Waals surface area (Å²) in [6.07, 6.45) is 0.949. The summed E-state index contributed by atoms with van der Waals surface area (Å²) in [6.45, 7) is 5.96. The summed E-state index contributed by atoms with van der Waals surface area (Å²) < 4.78 is 0. The summed E-state index contributed by atoms with van der Waals surface area (Å²) in [6, 6.07) is 0. The van der Waals surface area contributed by atoms with Crippen molar-refractivity contribution in [3.05, 3.63) is 4.88 Å². The summed E-state index contributed by atoms with van der Waals surface area (Å²) in [5.41, 5.74) is 5.80. The van der Waals surface area contributed by atoms with E-state index in [4.69, 9.17) is 5.73 Å². The van der Waals surface area contributed by atoms with Gasteiger partial charge < -0.3 is 26.2 Å². The maximum atomic E-state index is 12.1. The number of carbonyl (C=O) groups excluding carboxylic acids is 1. The van der Waals surface area contributed by atoms with Crippen molar-refractivity contribution in [2.75, 3.05) is 64.0 Å². The molecule has 1 aliphatic rings.